The van der Waals surface area contributed by atoms with Crippen LogP contribution >= 0.6 is 0 Å². The lowest BCUT2D eigenvalue weighted by Crippen LogP contribution is -2.54. The first kappa shape index (κ1) is 20.8. The number of fused-ring (bicyclic) bond motifs is 4. The molecule has 168 valence electrons. The largest absolute Gasteiger partial charge is 0.493 e. The Labute approximate surface area is 188 Å². The second-order valence-electron chi connectivity index (χ2n) is 8.79. The topological polar surface area (TPSA) is 62.3 Å². The van der Waals surface area contributed by atoms with Gasteiger partial charge in [-0.15, -0.1) is 0 Å². The number of hydrogen-bond acceptors (Lipinski definition) is 5. The lowest BCUT2D eigenvalue weighted by Gasteiger charge is -2.47. The van der Waals surface area contributed by atoms with Gasteiger partial charge in [0.05, 0.1) is 26.2 Å². The van der Waals surface area contributed by atoms with Crippen LogP contribution in [0.25, 0.3) is 0 Å². The summed E-state index contributed by atoms with van der Waals surface area (Å²) in [6.07, 6.45) is 0.718. The maximum Gasteiger partial charge on any atom is 0.254 e. The maximum atomic E-state index is 14.0. The Balaban J connectivity index is 1.65. The van der Waals surface area contributed by atoms with Crippen LogP contribution in [0.2, 0.25) is 0 Å². The number of benzene rings is 2. The molecule has 0 aromatic heterocycles. The molecule has 3 heterocycles. The number of likely N-dealkylation sites (N-methyl/N-ethyl adjacent to an activating group) is 1. The van der Waals surface area contributed by atoms with E-state index in [-0.39, 0.29) is 17.9 Å². The van der Waals surface area contributed by atoms with E-state index in [0.29, 0.717) is 36.7 Å². The van der Waals surface area contributed by atoms with Crippen LogP contribution in [0.4, 0.5) is 0 Å². The molecule has 7 nitrogen and oxygen atoms in total. The molecule has 0 bridgehead atoms. The highest BCUT2D eigenvalue weighted by Gasteiger charge is 2.47. The second-order valence-corrected chi connectivity index (χ2v) is 8.79. The summed E-state index contributed by atoms with van der Waals surface area (Å²) >= 11 is 0. The number of rotatable bonds is 3. The molecule has 0 spiro atoms. The van der Waals surface area contributed by atoms with Gasteiger partial charge in [0.15, 0.2) is 11.5 Å². The zero-order valence-electron chi connectivity index (χ0n) is 18.8. The molecule has 2 aromatic carbocycles. The van der Waals surface area contributed by atoms with Crippen LogP contribution in [0.1, 0.15) is 39.0 Å². The van der Waals surface area contributed by atoms with Gasteiger partial charge < -0.3 is 24.2 Å². The predicted molar refractivity (Wildman–Crippen MR) is 120 cm³/mol. The Kier molecular flexibility index (Phi) is 5.29. The third kappa shape index (κ3) is 3.23. The molecule has 32 heavy (non-hydrogen) atoms. The van der Waals surface area contributed by atoms with E-state index in [2.05, 4.69) is 11.9 Å². The molecule has 3 aliphatic rings. The first-order valence-electron chi connectivity index (χ1n) is 11.2. The highest BCUT2D eigenvalue weighted by atomic mass is 16.5. The van der Waals surface area contributed by atoms with Crippen molar-refractivity contribution in [3.8, 4) is 11.5 Å². The molecule has 2 atom stereocenters. The Morgan fingerprint density at radius 1 is 0.938 bits per heavy atom. The monoisotopic (exact) mass is 435 g/mol. The molecule has 0 unspecified atom stereocenters. The van der Waals surface area contributed by atoms with Crippen molar-refractivity contribution in [2.45, 2.75) is 18.4 Å². The fourth-order valence-electron chi connectivity index (χ4n) is 5.34. The Hall–Kier alpha value is -3.06. The number of ether oxygens (including phenoxy) is 2. The number of carbonyl (C=O) groups excluding carboxylic acids is 2. The lowest BCUT2D eigenvalue weighted by molar-refractivity contribution is -0.136. The third-order valence-electron chi connectivity index (χ3n) is 7.11. The van der Waals surface area contributed by atoms with Gasteiger partial charge >= 0.3 is 0 Å². The standard InChI is InChI=1S/C25H29N3O4/c1-26-10-12-27(13-11-26)25(30)22-17-6-4-5-7-18(17)24(29)28-9-8-16-14-20(31-2)21(32-3)15-19(16)23(22)28/h4-7,14-15,22-23H,8-13H2,1-3H3/t22-,23+/m0/s1. The maximum absolute atomic E-state index is 14.0. The van der Waals surface area contributed by atoms with Gasteiger partial charge in [-0.3, -0.25) is 9.59 Å². The van der Waals surface area contributed by atoms with E-state index in [0.717, 1.165) is 36.2 Å². The number of carbonyl (C=O) groups is 2. The van der Waals surface area contributed by atoms with Crippen LogP contribution in [0.5, 0.6) is 11.5 Å². The fraction of sp³-hybridized carbons (Fsp3) is 0.440. The first-order valence-corrected chi connectivity index (χ1v) is 11.2. The van der Waals surface area contributed by atoms with Crippen molar-refractivity contribution in [3.05, 3.63) is 58.7 Å². The van der Waals surface area contributed by atoms with Gasteiger partial charge in [-0.05, 0) is 48.4 Å². The van der Waals surface area contributed by atoms with E-state index in [1.54, 1.807) is 14.2 Å². The minimum atomic E-state index is -0.440. The van der Waals surface area contributed by atoms with E-state index in [1.807, 2.05) is 46.2 Å². The van der Waals surface area contributed by atoms with Crippen molar-refractivity contribution >= 4 is 11.8 Å². The van der Waals surface area contributed by atoms with Gasteiger partial charge in [0.2, 0.25) is 5.91 Å². The minimum absolute atomic E-state index is 0.00605. The summed E-state index contributed by atoms with van der Waals surface area (Å²) in [4.78, 5) is 33.5. The Bertz CT molecular complexity index is 1060. The predicted octanol–water partition coefficient (Wildman–Crippen LogP) is 2.31. The van der Waals surface area contributed by atoms with Gasteiger partial charge in [0.25, 0.3) is 5.91 Å². The quantitative estimate of drug-likeness (QED) is 0.741. The van der Waals surface area contributed by atoms with Crippen molar-refractivity contribution in [3.63, 3.8) is 0 Å². The van der Waals surface area contributed by atoms with E-state index < -0.39 is 5.92 Å². The molecular formula is C25H29N3O4. The summed E-state index contributed by atoms with van der Waals surface area (Å²) in [5, 5.41) is 0. The van der Waals surface area contributed by atoms with Crippen LogP contribution < -0.4 is 9.47 Å². The summed E-state index contributed by atoms with van der Waals surface area (Å²) in [7, 11) is 5.31. The van der Waals surface area contributed by atoms with Crippen molar-refractivity contribution in [1.82, 2.24) is 14.7 Å². The highest BCUT2D eigenvalue weighted by molar-refractivity contribution is 6.01. The Morgan fingerprint density at radius 3 is 2.34 bits per heavy atom. The van der Waals surface area contributed by atoms with E-state index in [9.17, 15) is 9.59 Å². The molecule has 1 saturated heterocycles. The van der Waals surface area contributed by atoms with Gasteiger partial charge in [-0.1, -0.05) is 18.2 Å². The molecule has 3 aliphatic heterocycles. The molecule has 0 aliphatic carbocycles. The van der Waals surface area contributed by atoms with Crippen molar-refractivity contribution in [1.29, 1.82) is 0 Å². The lowest BCUT2D eigenvalue weighted by atomic mass is 9.75. The molecule has 7 heteroatoms. The summed E-state index contributed by atoms with van der Waals surface area (Å²) in [5.74, 6) is 0.933. The zero-order valence-corrected chi connectivity index (χ0v) is 18.8. The molecule has 2 amide bonds. The normalized spacial score (nSPS) is 22.7. The van der Waals surface area contributed by atoms with Crippen LogP contribution in [-0.4, -0.2) is 80.5 Å². The molecular weight excluding hydrogens is 406 g/mol. The summed E-state index contributed by atoms with van der Waals surface area (Å²) < 4.78 is 11.1. The fourth-order valence-corrected chi connectivity index (χ4v) is 5.34. The average molecular weight is 436 g/mol. The molecule has 1 fully saturated rings. The van der Waals surface area contributed by atoms with Gasteiger partial charge in [-0.2, -0.15) is 0 Å². The summed E-state index contributed by atoms with van der Waals surface area (Å²) in [6, 6.07) is 11.2. The molecule has 0 saturated carbocycles. The summed E-state index contributed by atoms with van der Waals surface area (Å²) in [6.45, 7) is 3.69. The second kappa shape index (κ2) is 8.13. The van der Waals surface area contributed by atoms with E-state index >= 15 is 0 Å². The highest BCUT2D eigenvalue weighted by Crippen LogP contribution is 2.48. The smallest absolute Gasteiger partial charge is 0.254 e. The Morgan fingerprint density at radius 2 is 1.62 bits per heavy atom. The zero-order chi connectivity index (χ0) is 22.4. The molecule has 0 N–H and O–H groups in total. The van der Waals surface area contributed by atoms with Crippen molar-refractivity contribution < 1.29 is 19.1 Å². The molecule has 5 rings (SSSR count). The van der Waals surface area contributed by atoms with E-state index in [1.165, 1.54) is 0 Å². The van der Waals surface area contributed by atoms with Crippen LogP contribution in [0.15, 0.2) is 36.4 Å². The van der Waals surface area contributed by atoms with Gasteiger partial charge in [0, 0.05) is 38.3 Å². The number of amides is 2. The van der Waals surface area contributed by atoms with Gasteiger partial charge in [-0.25, -0.2) is 0 Å². The molecule has 0 radical (unpaired) electrons. The van der Waals surface area contributed by atoms with Crippen molar-refractivity contribution in [2.75, 3.05) is 54.0 Å². The van der Waals surface area contributed by atoms with E-state index in [4.69, 9.17) is 9.47 Å². The van der Waals surface area contributed by atoms with Crippen LogP contribution in [0, 0.1) is 0 Å². The minimum Gasteiger partial charge on any atom is -0.493 e. The molecule has 2 aromatic rings. The first-order chi connectivity index (χ1) is 15.5. The average Bonchev–Trinajstić information content (AvgIpc) is 2.83. The van der Waals surface area contributed by atoms with Crippen LogP contribution in [0.3, 0.4) is 0 Å². The van der Waals surface area contributed by atoms with Crippen LogP contribution in [-0.2, 0) is 11.2 Å². The third-order valence-corrected chi connectivity index (χ3v) is 7.11. The number of methoxy groups -OCH3 is 2. The number of nitrogens with zero attached hydrogens (tertiary/aromatic N) is 3. The summed E-state index contributed by atoms with van der Waals surface area (Å²) in [5.41, 5.74) is 3.54. The SMILES string of the molecule is COc1cc2c(cc1OC)[C@@H]1[C@@H](C(=O)N3CCN(C)CC3)c3ccccc3C(=O)N1CC2. The number of piperazine rings is 1. The van der Waals surface area contributed by atoms with Crippen molar-refractivity contribution in [2.24, 2.45) is 0 Å². The number of hydrogen-bond donors (Lipinski definition) is 0. The van der Waals surface area contributed by atoms with Gasteiger partial charge in [0.1, 0.15) is 0 Å².